The Labute approximate surface area is 137 Å². The first-order valence-electron chi connectivity index (χ1n) is 7.33. The number of aromatic nitrogens is 6. The first-order chi connectivity index (χ1) is 11.0. The monoisotopic (exact) mass is 324 g/mol. The van der Waals surface area contributed by atoms with E-state index < -0.39 is 0 Å². The largest absolute Gasteiger partial charge is 0.295 e. The van der Waals surface area contributed by atoms with Gasteiger partial charge < -0.3 is 0 Å². The van der Waals surface area contributed by atoms with Gasteiger partial charge in [-0.05, 0) is 39.0 Å². The van der Waals surface area contributed by atoms with Crippen molar-refractivity contribution in [3.05, 3.63) is 41.5 Å². The van der Waals surface area contributed by atoms with Crippen LogP contribution in [0.2, 0.25) is 0 Å². The topological polar surface area (TPSA) is 61.4 Å². The van der Waals surface area contributed by atoms with Crippen molar-refractivity contribution in [1.29, 1.82) is 0 Å². The van der Waals surface area contributed by atoms with Crippen molar-refractivity contribution in [2.75, 3.05) is 0 Å². The van der Waals surface area contributed by atoms with E-state index in [0.717, 1.165) is 32.4 Å². The summed E-state index contributed by atoms with van der Waals surface area (Å²) in [4.78, 5) is 9.27. The summed E-state index contributed by atoms with van der Waals surface area (Å²) in [5.74, 6) is 0. The lowest BCUT2D eigenvalue weighted by atomic mass is 10.2. The van der Waals surface area contributed by atoms with Crippen molar-refractivity contribution < 1.29 is 0 Å². The molecule has 4 aromatic rings. The number of pyridine rings is 1. The van der Waals surface area contributed by atoms with Crippen LogP contribution in [-0.2, 0) is 7.05 Å². The second-order valence-electron chi connectivity index (χ2n) is 5.63. The van der Waals surface area contributed by atoms with Crippen molar-refractivity contribution in [3.63, 3.8) is 0 Å². The van der Waals surface area contributed by atoms with Crippen molar-refractivity contribution in [2.24, 2.45) is 7.05 Å². The maximum Gasteiger partial charge on any atom is 0.195 e. The van der Waals surface area contributed by atoms with Crippen molar-refractivity contribution in [3.8, 4) is 16.5 Å². The lowest BCUT2D eigenvalue weighted by Crippen LogP contribution is -1.97. The number of thiazole rings is 1. The molecule has 4 aromatic heterocycles. The summed E-state index contributed by atoms with van der Waals surface area (Å²) < 4.78 is 5.03. The van der Waals surface area contributed by atoms with Crippen LogP contribution >= 0.6 is 11.3 Å². The number of nitrogens with zero attached hydrogens (tertiary/aromatic N) is 6. The SMILES string of the molecule is Cc1nnn(C)c1-c1cc2sc(-n3c(C)ccc3C)nc2cn1. The van der Waals surface area contributed by atoms with E-state index in [1.54, 1.807) is 16.0 Å². The number of fused-ring (bicyclic) bond motifs is 1. The van der Waals surface area contributed by atoms with Gasteiger partial charge in [-0.2, -0.15) is 0 Å². The highest BCUT2D eigenvalue weighted by Crippen LogP contribution is 2.30. The maximum absolute atomic E-state index is 4.73. The molecule has 0 saturated carbocycles. The highest BCUT2D eigenvalue weighted by molar-refractivity contribution is 7.20. The van der Waals surface area contributed by atoms with Crippen LogP contribution in [-0.4, -0.2) is 29.5 Å². The fourth-order valence-electron chi connectivity index (χ4n) is 2.83. The smallest absolute Gasteiger partial charge is 0.195 e. The molecule has 23 heavy (non-hydrogen) atoms. The molecule has 0 radical (unpaired) electrons. The number of hydrogen-bond acceptors (Lipinski definition) is 5. The lowest BCUT2D eigenvalue weighted by Gasteiger charge is -2.03. The molecule has 0 aliphatic heterocycles. The summed E-state index contributed by atoms with van der Waals surface area (Å²) in [5, 5.41) is 9.12. The Morgan fingerprint density at radius 3 is 2.48 bits per heavy atom. The Morgan fingerprint density at radius 2 is 1.83 bits per heavy atom. The second-order valence-corrected chi connectivity index (χ2v) is 6.64. The van der Waals surface area contributed by atoms with E-state index in [9.17, 15) is 0 Å². The molecule has 4 heterocycles. The Bertz CT molecular complexity index is 939. The van der Waals surface area contributed by atoms with Crippen molar-refractivity contribution >= 4 is 21.6 Å². The molecule has 0 saturated heterocycles. The molecule has 6 nitrogen and oxygen atoms in total. The number of aryl methyl sites for hydroxylation is 4. The number of rotatable bonds is 2. The van der Waals surface area contributed by atoms with Crippen LogP contribution in [0.1, 0.15) is 17.1 Å². The van der Waals surface area contributed by atoms with Gasteiger partial charge in [0, 0.05) is 18.4 Å². The third kappa shape index (κ3) is 2.16. The van der Waals surface area contributed by atoms with Crippen LogP contribution in [0, 0.1) is 20.8 Å². The van der Waals surface area contributed by atoms with E-state index in [1.165, 1.54) is 11.4 Å². The molecule has 0 aromatic carbocycles. The fourth-order valence-corrected chi connectivity index (χ4v) is 3.92. The summed E-state index contributed by atoms with van der Waals surface area (Å²) in [6.07, 6.45) is 1.82. The van der Waals surface area contributed by atoms with Gasteiger partial charge in [0.15, 0.2) is 5.13 Å². The van der Waals surface area contributed by atoms with Crippen molar-refractivity contribution in [1.82, 2.24) is 29.5 Å². The first-order valence-corrected chi connectivity index (χ1v) is 8.15. The maximum atomic E-state index is 4.73. The zero-order valence-electron chi connectivity index (χ0n) is 13.4. The Balaban J connectivity index is 1.88. The highest BCUT2D eigenvalue weighted by atomic mass is 32.1. The first kappa shape index (κ1) is 14.1. The van der Waals surface area contributed by atoms with Crippen LogP contribution in [0.15, 0.2) is 24.4 Å². The molecule has 0 amide bonds. The van der Waals surface area contributed by atoms with Crippen LogP contribution in [0.4, 0.5) is 0 Å². The molecule has 0 aliphatic rings. The predicted octanol–water partition coefficient (Wildman–Crippen LogP) is 3.20. The minimum atomic E-state index is 0.874. The zero-order valence-corrected chi connectivity index (χ0v) is 14.2. The summed E-state index contributed by atoms with van der Waals surface area (Å²) in [6.45, 7) is 6.12. The molecule has 0 fully saturated rings. The van der Waals surface area contributed by atoms with E-state index in [-0.39, 0.29) is 0 Å². The second kappa shape index (κ2) is 4.99. The minimum Gasteiger partial charge on any atom is -0.295 e. The van der Waals surface area contributed by atoms with Crippen LogP contribution in [0.5, 0.6) is 0 Å². The van der Waals surface area contributed by atoms with Crippen LogP contribution in [0.3, 0.4) is 0 Å². The highest BCUT2D eigenvalue weighted by Gasteiger charge is 2.14. The molecule has 116 valence electrons. The summed E-state index contributed by atoms with van der Waals surface area (Å²) in [6, 6.07) is 6.28. The van der Waals surface area contributed by atoms with E-state index in [1.807, 2.05) is 20.2 Å². The molecule has 0 unspecified atom stereocenters. The van der Waals surface area contributed by atoms with Gasteiger partial charge in [0.1, 0.15) is 11.2 Å². The molecular formula is C16H16N6S. The Morgan fingerprint density at radius 1 is 1.09 bits per heavy atom. The Hall–Kier alpha value is -2.54. The number of hydrogen-bond donors (Lipinski definition) is 0. The molecule has 0 aliphatic carbocycles. The molecule has 0 bridgehead atoms. The van der Waals surface area contributed by atoms with E-state index in [2.05, 4.69) is 51.9 Å². The standard InChI is InChI=1S/C16H16N6S/c1-9-5-6-10(2)22(9)16-18-13-8-17-12(7-14(13)23-16)15-11(3)19-20-21(15)4/h5-8H,1-4H3. The van der Waals surface area contributed by atoms with Crippen molar-refractivity contribution in [2.45, 2.75) is 20.8 Å². The van der Waals surface area contributed by atoms with Gasteiger partial charge in [0.05, 0.1) is 22.3 Å². The third-order valence-corrected chi connectivity index (χ3v) is 4.97. The van der Waals surface area contributed by atoms with Gasteiger partial charge in [0.25, 0.3) is 0 Å². The summed E-state index contributed by atoms with van der Waals surface area (Å²) in [5.41, 5.74) is 5.96. The molecular weight excluding hydrogens is 308 g/mol. The molecule has 0 spiro atoms. The average molecular weight is 324 g/mol. The average Bonchev–Trinajstić information content (AvgIpc) is 3.16. The van der Waals surface area contributed by atoms with E-state index >= 15 is 0 Å². The van der Waals surface area contributed by atoms with Gasteiger partial charge >= 0.3 is 0 Å². The summed E-state index contributed by atoms with van der Waals surface area (Å²) >= 11 is 1.67. The Kier molecular flexibility index (Phi) is 3.05. The molecule has 7 heteroatoms. The fraction of sp³-hybridized carbons (Fsp3) is 0.250. The minimum absolute atomic E-state index is 0.874. The normalized spacial score (nSPS) is 11.5. The van der Waals surface area contributed by atoms with Gasteiger partial charge in [-0.25, -0.2) is 9.67 Å². The predicted molar refractivity (Wildman–Crippen MR) is 91.0 cm³/mol. The molecule has 0 N–H and O–H groups in total. The lowest BCUT2D eigenvalue weighted by molar-refractivity contribution is 0.718. The van der Waals surface area contributed by atoms with Crippen LogP contribution < -0.4 is 0 Å². The van der Waals surface area contributed by atoms with Gasteiger partial charge in [0.2, 0.25) is 0 Å². The van der Waals surface area contributed by atoms with E-state index in [4.69, 9.17) is 4.98 Å². The quantitative estimate of drug-likeness (QED) is 0.568. The van der Waals surface area contributed by atoms with Gasteiger partial charge in [-0.15, -0.1) is 5.10 Å². The molecule has 0 atom stereocenters. The summed E-state index contributed by atoms with van der Waals surface area (Å²) in [7, 11) is 1.88. The third-order valence-electron chi connectivity index (χ3n) is 3.96. The zero-order chi connectivity index (χ0) is 16.1. The van der Waals surface area contributed by atoms with Gasteiger partial charge in [-0.3, -0.25) is 9.55 Å². The van der Waals surface area contributed by atoms with E-state index in [0.29, 0.717) is 0 Å². The molecule has 4 rings (SSSR count). The van der Waals surface area contributed by atoms with Crippen LogP contribution in [0.25, 0.3) is 26.7 Å². The van der Waals surface area contributed by atoms with Gasteiger partial charge in [-0.1, -0.05) is 16.6 Å².